The van der Waals surface area contributed by atoms with Crippen LogP contribution in [0.2, 0.25) is 0 Å². The molecule has 0 bridgehead atoms. The maximum Gasteiger partial charge on any atom is 0.310 e. The summed E-state index contributed by atoms with van der Waals surface area (Å²) < 4.78 is 32.0. The number of nitro groups is 1. The van der Waals surface area contributed by atoms with Gasteiger partial charge in [0.15, 0.2) is 5.75 Å². The van der Waals surface area contributed by atoms with Crippen LogP contribution < -0.4 is 15.2 Å². The number of benzene rings is 1. The summed E-state index contributed by atoms with van der Waals surface area (Å²) in [5, 5.41) is 10.8. The molecule has 1 aliphatic carbocycles. The molecule has 10 heteroatoms. The molecular weight excluding hydrogens is 334 g/mol. The summed E-state index contributed by atoms with van der Waals surface area (Å²) in [7, 11) is -2.54. The van der Waals surface area contributed by atoms with Gasteiger partial charge in [0.25, 0.3) is 0 Å². The summed E-state index contributed by atoms with van der Waals surface area (Å²) in [5.41, 5.74) is 5.29. The third-order valence-electron chi connectivity index (χ3n) is 3.41. The van der Waals surface area contributed by atoms with Crippen molar-refractivity contribution in [1.82, 2.24) is 4.72 Å². The van der Waals surface area contributed by atoms with E-state index in [0.717, 1.165) is 25.0 Å². The minimum Gasteiger partial charge on any atom is -0.490 e. The summed E-state index contributed by atoms with van der Waals surface area (Å²) in [4.78, 5) is 10.1. The SMILES string of the molecule is COc1cc(S(=O)(=O)NC(CN)C2CC2)ccc1[N+](=O)[O-].Cl. The van der Waals surface area contributed by atoms with Gasteiger partial charge < -0.3 is 10.5 Å². The van der Waals surface area contributed by atoms with Crippen LogP contribution in [0.3, 0.4) is 0 Å². The molecule has 1 aliphatic rings. The highest BCUT2D eigenvalue weighted by atomic mass is 35.5. The third kappa shape index (κ3) is 4.07. The third-order valence-corrected chi connectivity index (χ3v) is 4.90. The maximum atomic E-state index is 12.3. The van der Waals surface area contributed by atoms with Gasteiger partial charge in [-0.15, -0.1) is 12.4 Å². The van der Waals surface area contributed by atoms with E-state index in [1.807, 2.05) is 0 Å². The predicted molar refractivity (Wildman–Crippen MR) is 82.8 cm³/mol. The topological polar surface area (TPSA) is 125 Å². The molecule has 0 amide bonds. The fourth-order valence-electron chi connectivity index (χ4n) is 2.08. The summed E-state index contributed by atoms with van der Waals surface area (Å²) in [6.45, 7) is 0.216. The van der Waals surface area contributed by atoms with Crippen molar-refractivity contribution >= 4 is 28.1 Å². The van der Waals surface area contributed by atoms with E-state index in [1.165, 1.54) is 13.2 Å². The van der Waals surface area contributed by atoms with Crippen molar-refractivity contribution in [2.75, 3.05) is 13.7 Å². The lowest BCUT2D eigenvalue weighted by molar-refractivity contribution is -0.385. The van der Waals surface area contributed by atoms with Gasteiger partial charge in [-0.3, -0.25) is 10.1 Å². The Hall–Kier alpha value is -1.42. The summed E-state index contributed by atoms with van der Waals surface area (Å²) in [5.74, 6) is 0.170. The molecule has 0 radical (unpaired) electrons. The summed E-state index contributed by atoms with van der Waals surface area (Å²) >= 11 is 0. The van der Waals surface area contributed by atoms with Crippen molar-refractivity contribution in [3.05, 3.63) is 28.3 Å². The first-order chi connectivity index (χ1) is 9.89. The molecule has 8 nitrogen and oxygen atoms in total. The smallest absolute Gasteiger partial charge is 0.310 e. The van der Waals surface area contributed by atoms with E-state index in [2.05, 4.69) is 4.72 Å². The van der Waals surface area contributed by atoms with Crippen LogP contribution in [0.1, 0.15) is 12.8 Å². The van der Waals surface area contributed by atoms with Crippen molar-refractivity contribution in [2.45, 2.75) is 23.8 Å². The number of sulfonamides is 1. The number of ether oxygens (including phenoxy) is 1. The molecule has 0 aromatic heterocycles. The molecule has 3 N–H and O–H groups in total. The highest BCUT2D eigenvalue weighted by Crippen LogP contribution is 2.34. The molecule has 124 valence electrons. The van der Waals surface area contributed by atoms with E-state index in [1.54, 1.807) is 0 Å². The lowest BCUT2D eigenvalue weighted by Crippen LogP contribution is -2.41. The normalized spacial score (nSPS) is 15.7. The van der Waals surface area contributed by atoms with Gasteiger partial charge >= 0.3 is 5.69 Å². The minimum atomic E-state index is -3.78. The van der Waals surface area contributed by atoms with E-state index in [4.69, 9.17) is 10.5 Å². The van der Waals surface area contributed by atoms with Gasteiger partial charge in [-0.1, -0.05) is 0 Å². The van der Waals surface area contributed by atoms with Crippen LogP contribution in [0.4, 0.5) is 5.69 Å². The highest BCUT2D eigenvalue weighted by molar-refractivity contribution is 7.89. The number of methoxy groups -OCH3 is 1. The van der Waals surface area contributed by atoms with Crippen LogP contribution in [0.25, 0.3) is 0 Å². The van der Waals surface area contributed by atoms with E-state index in [0.29, 0.717) is 0 Å². The van der Waals surface area contributed by atoms with Crippen molar-refractivity contribution in [2.24, 2.45) is 11.7 Å². The molecule has 1 aromatic rings. The molecular formula is C12H18ClN3O5S. The Balaban J connectivity index is 0.00000242. The number of nitrogens with zero attached hydrogens (tertiary/aromatic N) is 1. The monoisotopic (exact) mass is 351 g/mol. The average molecular weight is 352 g/mol. The number of hydrogen-bond donors (Lipinski definition) is 2. The van der Waals surface area contributed by atoms with Crippen molar-refractivity contribution in [1.29, 1.82) is 0 Å². The van der Waals surface area contributed by atoms with Crippen LogP contribution >= 0.6 is 12.4 Å². The molecule has 0 aliphatic heterocycles. The van der Waals surface area contributed by atoms with Crippen LogP contribution in [-0.2, 0) is 10.0 Å². The molecule has 22 heavy (non-hydrogen) atoms. The molecule has 1 unspecified atom stereocenters. The number of nitrogens with two attached hydrogens (primary N) is 1. The second-order valence-corrected chi connectivity index (χ2v) is 6.61. The van der Waals surface area contributed by atoms with Crippen molar-refractivity contribution in [3.8, 4) is 5.75 Å². The quantitative estimate of drug-likeness (QED) is 0.558. The molecule has 0 saturated heterocycles. The Kier molecular flexibility index (Phi) is 6.12. The fraction of sp³-hybridized carbons (Fsp3) is 0.500. The van der Waals surface area contributed by atoms with E-state index < -0.39 is 14.9 Å². The predicted octanol–water partition coefficient (Wildman–Crippen LogP) is 1.04. The van der Waals surface area contributed by atoms with Gasteiger partial charge in [-0.25, -0.2) is 13.1 Å². The Morgan fingerprint density at radius 3 is 2.59 bits per heavy atom. The first-order valence-electron chi connectivity index (χ1n) is 6.44. The molecule has 0 spiro atoms. The first-order valence-corrected chi connectivity index (χ1v) is 7.92. The zero-order valence-electron chi connectivity index (χ0n) is 11.9. The molecule has 1 atom stereocenters. The number of nitrogens with one attached hydrogen (secondary N) is 1. The molecule has 2 rings (SSSR count). The second-order valence-electron chi connectivity index (χ2n) is 4.89. The fourth-order valence-corrected chi connectivity index (χ4v) is 3.41. The van der Waals surface area contributed by atoms with Gasteiger partial charge in [-0.2, -0.15) is 0 Å². The van der Waals surface area contributed by atoms with E-state index in [9.17, 15) is 18.5 Å². The Morgan fingerprint density at radius 2 is 2.14 bits per heavy atom. The van der Waals surface area contributed by atoms with Crippen LogP contribution in [0, 0.1) is 16.0 Å². The number of hydrogen-bond acceptors (Lipinski definition) is 6. The molecule has 0 heterocycles. The maximum absolute atomic E-state index is 12.3. The minimum absolute atomic E-state index is 0. The molecule has 1 fully saturated rings. The second kappa shape index (κ2) is 7.23. The van der Waals surface area contributed by atoms with Crippen molar-refractivity contribution < 1.29 is 18.1 Å². The number of halogens is 1. The zero-order chi connectivity index (χ0) is 15.6. The average Bonchev–Trinajstić information content (AvgIpc) is 3.28. The van der Waals surface area contributed by atoms with Crippen LogP contribution in [0.5, 0.6) is 5.75 Å². The van der Waals surface area contributed by atoms with Crippen LogP contribution in [0.15, 0.2) is 23.1 Å². The summed E-state index contributed by atoms with van der Waals surface area (Å²) in [6.07, 6.45) is 1.90. The Morgan fingerprint density at radius 1 is 1.50 bits per heavy atom. The molecule has 1 aromatic carbocycles. The van der Waals surface area contributed by atoms with Gasteiger partial charge in [0, 0.05) is 24.7 Å². The lowest BCUT2D eigenvalue weighted by Gasteiger charge is -2.16. The van der Waals surface area contributed by atoms with Crippen LogP contribution in [-0.4, -0.2) is 33.0 Å². The Labute approximate surface area is 134 Å². The lowest BCUT2D eigenvalue weighted by atomic mass is 10.2. The van der Waals surface area contributed by atoms with Crippen molar-refractivity contribution in [3.63, 3.8) is 0 Å². The van der Waals surface area contributed by atoms with Gasteiger partial charge in [0.05, 0.1) is 16.9 Å². The van der Waals surface area contributed by atoms with Gasteiger partial charge in [-0.05, 0) is 24.8 Å². The van der Waals surface area contributed by atoms with Gasteiger partial charge in [0.1, 0.15) is 0 Å². The van der Waals surface area contributed by atoms with Gasteiger partial charge in [0.2, 0.25) is 10.0 Å². The zero-order valence-corrected chi connectivity index (χ0v) is 13.5. The van der Waals surface area contributed by atoms with E-state index in [-0.39, 0.29) is 47.2 Å². The number of rotatable bonds is 7. The standard InChI is InChI=1S/C12H17N3O5S.ClH/c1-20-12-6-9(4-5-11(12)15(16)17)21(18,19)14-10(7-13)8-2-3-8;/h4-6,8,10,14H,2-3,7,13H2,1H3;1H. The summed E-state index contributed by atoms with van der Waals surface area (Å²) in [6, 6.07) is 3.13. The molecule has 1 saturated carbocycles. The highest BCUT2D eigenvalue weighted by Gasteiger charge is 2.33. The number of nitro benzene ring substituents is 1. The Bertz CT molecular complexity index is 648. The largest absolute Gasteiger partial charge is 0.490 e. The van der Waals surface area contributed by atoms with E-state index >= 15 is 0 Å². The first kappa shape index (κ1) is 18.6.